The van der Waals surface area contributed by atoms with Crippen LogP contribution in [0.2, 0.25) is 0 Å². The van der Waals surface area contributed by atoms with Gasteiger partial charge in [0.05, 0.1) is 0 Å². The Bertz CT molecular complexity index is 436. The molecule has 2 rings (SSSR count). The first-order valence-electron chi connectivity index (χ1n) is 4.68. The summed E-state index contributed by atoms with van der Waals surface area (Å²) in [6.07, 6.45) is -2.91. The zero-order valence-electron chi connectivity index (χ0n) is 8.43. The van der Waals surface area contributed by atoms with Gasteiger partial charge in [0, 0.05) is 6.07 Å². The van der Waals surface area contributed by atoms with Gasteiger partial charge in [-0.2, -0.15) is 0 Å². The Hall–Kier alpha value is -1.33. The molecule has 1 aromatic rings. The average molecular weight is 212 g/mol. The lowest BCUT2D eigenvalue weighted by atomic mass is 9.98. The van der Waals surface area contributed by atoms with Crippen LogP contribution in [-0.2, 0) is 0 Å². The summed E-state index contributed by atoms with van der Waals surface area (Å²) in [5, 5.41) is 19.2. The summed E-state index contributed by atoms with van der Waals surface area (Å²) in [6.45, 7) is 3.24. The van der Waals surface area contributed by atoms with Gasteiger partial charge in [-0.3, -0.25) is 0 Å². The van der Waals surface area contributed by atoms with Gasteiger partial charge in [0.1, 0.15) is 35.4 Å². The summed E-state index contributed by atoms with van der Waals surface area (Å²) in [5.74, 6) is 0.698. The van der Waals surface area contributed by atoms with E-state index in [1.807, 2.05) is 0 Å². The molecule has 0 fully saturated rings. The molecule has 82 valence electrons. The number of hydrogen-bond acceptors (Lipinski definition) is 5. The molecule has 0 amide bonds. The third kappa shape index (κ3) is 1.53. The number of aliphatic hydroxyl groups is 2. The van der Waals surface area contributed by atoms with Crippen LogP contribution in [0.1, 0.15) is 24.4 Å². The molecule has 1 aliphatic rings. The summed E-state index contributed by atoms with van der Waals surface area (Å²) in [4.78, 5) is 11.4. The Morgan fingerprint density at radius 3 is 2.73 bits per heavy atom. The lowest BCUT2D eigenvalue weighted by Gasteiger charge is -2.31. The number of hydrogen-bond donors (Lipinski definition) is 2. The largest absolute Gasteiger partial charge is 0.487 e. The third-order valence-electron chi connectivity index (χ3n) is 2.49. The minimum Gasteiger partial charge on any atom is -0.487 e. The molecule has 5 heteroatoms. The van der Waals surface area contributed by atoms with Gasteiger partial charge >= 0.3 is 5.63 Å². The van der Waals surface area contributed by atoms with E-state index in [1.165, 1.54) is 6.07 Å². The van der Waals surface area contributed by atoms with E-state index in [4.69, 9.17) is 9.15 Å². The molecule has 5 nitrogen and oxygen atoms in total. The second kappa shape index (κ2) is 3.36. The summed E-state index contributed by atoms with van der Waals surface area (Å²) in [7, 11) is 0. The monoisotopic (exact) mass is 212 g/mol. The highest BCUT2D eigenvalue weighted by atomic mass is 16.5. The van der Waals surface area contributed by atoms with E-state index in [0.29, 0.717) is 5.76 Å². The predicted molar refractivity (Wildman–Crippen MR) is 50.8 cm³/mol. The fourth-order valence-corrected chi connectivity index (χ4v) is 1.66. The zero-order valence-corrected chi connectivity index (χ0v) is 8.43. The van der Waals surface area contributed by atoms with Gasteiger partial charge < -0.3 is 19.4 Å². The highest BCUT2D eigenvalue weighted by Gasteiger charge is 2.36. The molecule has 0 unspecified atom stereocenters. The SMILES string of the molecule is Cc1cc2c(c(=O)o1)[C@H](O)[C@H](O)[C@@H](C)O2. The van der Waals surface area contributed by atoms with Gasteiger partial charge in [-0.15, -0.1) is 0 Å². The van der Waals surface area contributed by atoms with Crippen molar-refractivity contribution < 1.29 is 19.4 Å². The zero-order chi connectivity index (χ0) is 11.2. The van der Waals surface area contributed by atoms with Crippen molar-refractivity contribution in [3.8, 4) is 5.75 Å². The van der Waals surface area contributed by atoms with Crippen molar-refractivity contribution in [2.24, 2.45) is 0 Å². The van der Waals surface area contributed by atoms with Crippen LogP contribution in [0.15, 0.2) is 15.3 Å². The summed E-state index contributed by atoms with van der Waals surface area (Å²) in [5.41, 5.74) is -0.672. The second-order valence-corrected chi connectivity index (χ2v) is 3.68. The smallest absolute Gasteiger partial charge is 0.345 e. The lowest BCUT2D eigenvalue weighted by Crippen LogP contribution is -2.40. The Balaban J connectivity index is 2.60. The van der Waals surface area contributed by atoms with Crippen LogP contribution in [0.4, 0.5) is 0 Å². The van der Waals surface area contributed by atoms with Crippen molar-refractivity contribution in [2.45, 2.75) is 32.2 Å². The van der Waals surface area contributed by atoms with E-state index in [-0.39, 0.29) is 11.3 Å². The van der Waals surface area contributed by atoms with Crippen LogP contribution in [0.3, 0.4) is 0 Å². The molecule has 2 N–H and O–H groups in total. The van der Waals surface area contributed by atoms with Crippen molar-refractivity contribution in [1.82, 2.24) is 0 Å². The molecule has 0 saturated heterocycles. The molecule has 3 atom stereocenters. The molecule has 0 aliphatic carbocycles. The van der Waals surface area contributed by atoms with E-state index in [2.05, 4.69) is 0 Å². The first kappa shape index (κ1) is 10.2. The van der Waals surface area contributed by atoms with Crippen LogP contribution in [0, 0.1) is 6.92 Å². The highest BCUT2D eigenvalue weighted by molar-refractivity contribution is 5.36. The van der Waals surface area contributed by atoms with E-state index < -0.39 is 23.9 Å². The first-order chi connectivity index (χ1) is 7.00. The fourth-order valence-electron chi connectivity index (χ4n) is 1.66. The Morgan fingerprint density at radius 2 is 2.07 bits per heavy atom. The molecule has 1 aliphatic heterocycles. The number of ether oxygens (including phenoxy) is 1. The van der Waals surface area contributed by atoms with Crippen molar-refractivity contribution in [3.63, 3.8) is 0 Å². The standard InChI is InChI=1S/C10H12O5/c1-4-3-6-7(10(13)14-4)9(12)8(11)5(2)15-6/h3,5,8-9,11-12H,1-2H3/t5-,8-,9+/m1/s1. The van der Waals surface area contributed by atoms with Gasteiger partial charge in [0.25, 0.3) is 0 Å². The molecule has 2 heterocycles. The minimum absolute atomic E-state index is 0.00815. The molecule has 15 heavy (non-hydrogen) atoms. The maximum Gasteiger partial charge on any atom is 0.345 e. The first-order valence-corrected chi connectivity index (χ1v) is 4.68. The van der Waals surface area contributed by atoms with Crippen LogP contribution in [-0.4, -0.2) is 22.4 Å². The quantitative estimate of drug-likeness (QED) is 0.638. The molecule has 0 spiro atoms. The van der Waals surface area contributed by atoms with Crippen molar-refractivity contribution in [3.05, 3.63) is 27.8 Å². The van der Waals surface area contributed by atoms with Gasteiger partial charge in [0.2, 0.25) is 0 Å². The van der Waals surface area contributed by atoms with E-state index in [9.17, 15) is 15.0 Å². The Kier molecular flexibility index (Phi) is 2.28. The topological polar surface area (TPSA) is 79.9 Å². The van der Waals surface area contributed by atoms with Gasteiger partial charge in [-0.1, -0.05) is 0 Å². The summed E-state index contributed by atoms with van der Waals surface area (Å²) < 4.78 is 10.1. The molecule has 0 aromatic carbocycles. The summed E-state index contributed by atoms with van der Waals surface area (Å²) in [6, 6.07) is 1.53. The van der Waals surface area contributed by atoms with Gasteiger partial charge in [-0.05, 0) is 13.8 Å². The van der Waals surface area contributed by atoms with E-state index in [0.717, 1.165) is 0 Å². The van der Waals surface area contributed by atoms with Crippen molar-refractivity contribution in [2.75, 3.05) is 0 Å². The molecule has 0 saturated carbocycles. The maximum atomic E-state index is 11.4. The van der Waals surface area contributed by atoms with Gasteiger partial charge in [-0.25, -0.2) is 4.79 Å². The molecular weight excluding hydrogens is 200 g/mol. The molecular formula is C10H12O5. The van der Waals surface area contributed by atoms with Crippen LogP contribution in [0.5, 0.6) is 5.75 Å². The molecule has 0 bridgehead atoms. The summed E-state index contributed by atoms with van der Waals surface area (Å²) >= 11 is 0. The minimum atomic E-state index is -1.25. The maximum absolute atomic E-state index is 11.4. The lowest BCUT2D eigenvalue weighted by molar-refractivity contribution is -0.0636. The van der Waals surface area contributed by atoms with E-state index >= 15 is 0 Å². The fraction of sp³-hybridized carbons (Fsp3) is 0.500. The number of aryl methyl sites for hydroxylation is 1. The van der Waals surface area contributed by atoms with Crippen LogP contribution < -0.4 is 10.4 Å². The number of aliphatic hydroxyl groups excluding tert-OH is 2. The molecule has 1 aromatic heterocycles. The van der Waals surface area contributed by atoms with Crippen molar-refractivity contribution >= 4 is 0 Å². The number of rotatable bonds is 0. The van der Waals surface area contributed by atoms with E-state index in [1.54, 1.807) is 13.8 Å². The average Bonchev–Trinajstić information content (AvgIpc) is 2.13. The third-order valence-corrected chi connectivity index (χ3v) is 2.49. The highest BCUT2D eigenvalue weighted by Crippen LogP contribution is 2.32. The van der Waals surface area contributed by atoms with Crippen LogP contribution in [0.25, 0.3) is 0 Å². The molecule has 0 radical (unpaired) electrons. The van der Waals surface area contributed by atoms with Crippen LogP contribution >= 0.6 is 0 Å². The normalized spacial score (nSPS) is 29.5. The predicted octanol–water partition coefficient (Wildman–Crippen LogP) is 0.123. The Morgan fingerprint density at radius 1 is 1.40 bits per heavy atom. The number of fused-ring (bicyclic) bond motifs is 1. The second-order valence-electron chi connectivity index (χ2n) is 3.68. The van der Waals surface area contributed by atoms with Gasteiger partial charge in [0.15, 0.2) is 0 Å². The van der Waals surface area contributed by atoms with Crippen molar-refractivity contribution in [1.29, 1.82) is 0 Å². The Labute approximate surface area is 85.9 Å².